The highest BCUT2D eigenvalue weighted by Crippen LogP contribution is 2.34. The molecule has 0 fully saturated rings. The van der Waals surface area contributed by atoms with Gasteiger partial charge in [-0.3, -0.25) is 0 Å². The Morgan fingerprint density at radius 3 is 2.52 bits per heavy atom. The average molecular weight is 356 g/mol. The van der Waals surface area contributed by atoms with E-state index in [1.807, 2.05) is 26.0 Å². The predicted octanol–water partition coefficient (Wildman–Crippen LogP) is 5.22. The minimum atomic E-state index is -0.583. The highest BCUT2D eigenvalue weighted by Gasteiger charge is 2.15. The van der Waals surface area contributed by atoms with Crippen LogP contribution in [0, 0.1) is 18.6 Å². The van der Waals surface area contributed by atoms with E-state index < -0.39 is 11.6 Å². The molecule has 0 radical (unpaired) electrons. The van der Waals surface area contributed by atoms with Gasteiger partial charge in [-0.05, 0) is 37.6 Å². The van der Waals surface area contributed by atoms with Crippen molar-refractivity contribution in [3.8, 4) is 5.75 Å². The summed E-state index contributed by atoms with van der Waals surface area (Å²) in [5.41, 5.74) is 2.16. The SMILES string of the molecule is COc1cc(Br)cc(C)c1NC(C)c1ccc(F)cc1F. The van der Waals surface area contributed by atoms with Gasteiger partial charge in [-0.2, -0.15) is 0 Å². The van der Waals surface area contributed by atoms with Crippen LogP contribution in [0.4, 0.5) is 14.5 Å². The smallest absolute Gasteiger partial charge is 0.143 e. The lowest BCUT2D eigenvalue weighted by atomic mass is 10.1. The molecule has 21 heavy (non-hydrogen) atoms. The van der Waals surface area contributed by atoms with Gasteiger partial charge in [0.25, 0.3) is 0 Å². The fraction of sp³-hybridized carbons (Fsp3) is 0.250. The Kier molecular flexibility index (Phi) is 4.83. The minimum Gasteiger partial charge on any atom is -0.495 e. The van der Waals surface area contributed by atoms with Crippen LogP contribution in [0.15, 0.2) is 34.8 Å². The van der Waals surface area contributed by atoms with Crippen LogP contribution >= 0.6 is 15.9 Å². The van der Waals surface area contributed by atoms with Crippen LogP contribution in [0.3, 0.4) is 0 Å². The van der Waals surface area contributed by atoms with E-state index in [0.29, 0.717) is 11.3 Å². The Balaban J connectivity index is 2.33. The van der Waals surface area contributed by atoms with Gasteiger partial charge in [0.05, 0.1) is 18.8 Å². The molecule has 0 spiro atoms. The third kappa shape index (κ3) is 3.53. The third-order valence-electron chi connectivity index (χ3n) is 3.27. The molecular formula is C16H16BrF2NO. The highest BCUT2D eigenvalue weighted by molar-refractivity contribution is 9.10. The van der Waals surface area contributed by atoms with E-state index >= 15 is 0 Å². The highest BCUT2D eigenvalue weighted by atomic mass is 79.9. The third-order valence-corrected chi connectivity index (χ3v) is 3.73. The van der Waals surface area contributed by atoms with Gasteiger partial charge in [-0.1, -0.05) is 22.0 Å². The fourth-order valence-corrected chi connectivity index (χ4v) is 2.76. The maximum Gasteiger partial charge on any atom is 0.143 e. The molecule has 0 amide bonds. The van der Waals surface area contributed by atoms with E-state index in [9.17, 15) is 8.78 Å². The second-order valence-corrected chi connectivity index (χ2v) is 5.75. The first-order valence-electron chi connectivity index (χ1n) is 6.48. The summed E-state index contributed by atoms with van der Waals surface area (Å²) < 4.78 is 33.1. The summed E-state index contributed by atoms with van der Waals surface area (Å²) in [5, 5.41) is 3.23. The molecule has 5 heteroatoms. The quantitative estimate of drug-likeness (QED) is 0.811. The minimum absolute atomic E-state index is 0.320. The van der Waals surface area contributed by atoms with E-state index in [-0.39, 0.29) is 6.04 Å². The number of rotatable bonds is 4. The zero-order chi connectivity index (χ0) is 15.6. The monoisotopic (exact) mass is 355 g/mol. The van der Waals surface area contributed by atoms with Crippen molar-refractivity contribution in [1.82, 2.24) is 0 Å². The zero-order valence-electron chi connectivity index (χ0n) is 12.0. The molecule has 0 bridgehead atoms. The van der Waals surface area contributed by atoms with Gasteiger partial charge in [0.2, 0.25) is 0 Å². The summed E-state index contributed by atoms with van der Waals surface area (Å²) in [6.07, 6.45) is 0. The fourth-order valence-electron chi connectivity index (χ4n) is 2.21. The summed E-state index contributed by atoms with van der Waals surface area (Å²) in [6.45, 7) is 3.75. The van der Waals surface area contributed by atoms with E-state index in [1.165, 1.54) is 12.1 Å². The van der Waals surface area contributed by atoms with Gasteiger partial charge in [0.1, 0.15) is 17.4 Å². The van der Waals surface area contributed by atoms with Crippen LogP contribution in [0.25, 0.3) is 0 Å². The first kappa shape index (κ1) is 15.8. The van der Waals surface area contributed by atoms with E-state index in [4.69, 9.17) is 4.74 Å². The molecule has 0 saturated carbocycles. The van der Waals surface area contributed by atoms with Crippen molar-refractivity contribution in [2.75, 3.05) is 12.4 Å². The van der Waals surface area contributed by atoms with Gasteiger partial charge in [0.15, 0.2) is 0 Å². The lowest BCUT2D eigenvalue weighted by Gasteiger charge is -2.20. The van der Waals surface area contributed by atoms with Crippen molar-refractivity contribution in [2.45, 2.75) is 19.9 Å². The Morgan fingerprint density at radius 1 is 1.19 bits per heavy atom. The predicted molar refractivity (Wildman–Crippen MR) is 83.8 cm³/mol. The van der Waals surface area contributed by atoms with Gasteiger partial charge in [-0.25, -0.2) is 8.78 Å². The van der Waals surface area contributed by atoms with Crippen molar-refractivity contribution in [1.29, 1.82) is 0 Å². The Bertz CT molecular complexity index is 661. The first-order valence-corrected chi connectivity index (χ1v) is 7.27. The number of halogens is 3. The summed E-state index contributed by atoms with van der Waals surface area (Å²) in [6, 6.07) is 7.05. The standard InChI is InChI=1S/C16H16BrF2NO/c1-9-6-11(17)7-15(21-3)16(9)20-10(2)13-5-4-12(18)8-14(13)19/h4-8,10,20H,1-3H3. The summed E-state index contributed by atoms with van der Waals surface area (Å²) >= 11 is 3.41. The molecule has 2 aromatic carbocycles. The largest absolute Gasteiger partial charge is 0.495 e. The van der Waals surface area contributed by atoms with E-state index in [1.54, 1.807) is 7.11 Å². The van der Waals surface area contributed by atoms with E-state index in [2.05, 4.69) is 21.2 Å². The molecule has 0 aliphatic heterocycles. The molecule has 0 aromatic heterocycles. The topological polar surface area (TPSA) is 21.3 Å². The van der Waals surface area contributed by atoms with Crippen LogP contribution in [-0.4, -0.2) is 7.11 Å². The molecule has 1 unspecified atom stereocenters. The van der Waals surface area contributed by atoms with Gasteiger partial charge >= 0.3 is 0 Å². The molecule has 0 heterocycles. The molecule has 0 aliphatic carbocycles. The number of methoxy groups -OCH3 is 1. The second kappa shape index (κ2) is 6.43. The van der Waals surface area contributed by atoms with Crippen LogP contribution < -0.4 is 10.1 Å². The number of anilines is 1. The number of hydrogen-bond acceptors (Lipinski definition) is 2. The summed E-state index contributed by atoms with van der Waals surface area (Å²) in [4.78, 5) is 0. The maximum absolute atomic E-state index is 13.8. The van der Waals surface area contributed by atoms with Gasteiger partial charge in [0, 0.05) is 16.1 Å². The number of nitrogens with one attached hydrogen (secondary N) is 1. The lowest BCUT2D eigenvalue weighted by molar-refractivity contribution is 0.415. The Hall–Kier alpha value is -1.62. The zero-order valence-corrected chi connectivity index (χ0v) is 13.6. The van der Waals surface area contributed by atoms with Crippen molar-refractivity contribution in [2.24, 2.45) is 0 Å². The summed E-state index contributed by atoms with van der Waals surface area (Å²) in [7, 11) is 1.58. The van der Waals surface area contributed by atoms with Crippen LogP contribution in [0.5, 0.6) is 5.75 Å². The van der Waals surface area contributed by atoms with E-state index in [0.717, 1.165) is 21.8 Å². The average Bonchev–Trinajstić information content (AvgIpc) is 2.41. The lowest BCUT2D eigenvalue weighted by Crippen LogP contribution is -2.11. The molecule has 2 nitrogen and oxygen atoms in total. The van der Waals surface area contributed by atoms with Crippen LogP contribution in [0.2, 0.25) is 0 Å². The molecule has 1 atom stereocenters. The molecule has 0 aliphatic rings. The number of aryl methyl sites for hydroxylation is 1. The molecule has 2 aromatic rings. The second-order valence-electron chi connectivity index (χ2n) is 4.83. The van der Waals surface area contributed by atoms with Crippen molar-refractivity contribution in [3.63, 3.8) is 0 Å². The first-order chi connectivity index (χ1) is 9.92. The molecule has 1 N–H and O–H groups in total. The number of benzene rings is 2. The molecule has 112 valence electrons. The van der Waals surface area contributed by atoms with Crippen molar-refractivity contribution >= 4 is 21.6 Å². The van der Waals surface area contributed by atoms with Crippen molar-refractivity contribution in [3.05, 3.63) is 57.6 Å². The maximum atomic E-state index is 13.8. The normalized spacial score (nSPS) is 12.1. The van der Waals surface area contributed by atoms with Crippen LogP contribution in [-0.2, 0) is 0 Å². The van der Waals surface area contributed by atoms with Crippen molar-refractivity contribution < 1.29 is 13.5 Å². The number of ether oxygens (including phenoxy) is 1. The molecule has 2 rings (SSSR count). The Labute approximate surface area is 131 Å². The Morgan fingerprint density at radius 2 is 1.90 bits per heavy atom. The van der Waals surface area contributed by atoms with Gasteiger partial charge < -0.3 is 10.1 Å². The van der Waals surface area contributed by atoms with Gasteiger partial charge in [-0.15, -0.1) is 0 Å². The molecular weight excluding hydrogens is 340 g/mol. The molecule has 0 saturated heterocycles. The number of hydrogen-bond donors (Lipinski definition) is 1. The summed E-state index contributed by atoms with van der Waals surface area (Å²) in [5.74, 6) is -0.485. The van der Waals surface area contributed by atoms with Crippen LogP contribution in [0.1, 0.15) is 24.1 Å².